The lowest BCUT2D eigenvalue weighted by molar-refractivity contribution is 0.146. The van der Waals surface area contributed by atoms with E-state index < -0.39 is 5.41 Å². The van der Waals surface area contributed by atoms with Gasteiger partial charge in [-0.05, 0) is 178 Å². The monoisotopic (exact) mass is 996 g/mol. The van der Waals surface area contributed by atoms with Crippen molar-refractivity contribution < 1.29 is 37.9 Å². The fourth-order valence-electron chi connectivity index (χ4n) is 10.2. The highest BCUT2D eigenvalue weighted by Crippen LogP contribution is 2.64. The Morgan fingerprint density at radius 1 is 0.387 bits per heavy atom. The van der Waals surface area contributed by atoms with E-state index in [4.69, 9.17) is 44.5 Å². The number of fused-ring (bicyclic) bond motifs is 10. The average molecular weight is 997 g/mol. The van der Waals surface area contributed by atoms with Crippen LogP contribution in [0.25, 0.3) is 27.1 Å². The number of hydrogen-bond donors (Lipinski definition) is 0. The van der Waals surface area contributed by atoms with Crippen molar-refractivity contribution in [1.82, 2.24) is 0 Å². The van der Waals surface area contributed by atoms with Crippen molar-refractivity contribution in [2.75, 3.05) is 91.1 Å². The number of nitriles is 1. The van der Waals surface area contributed by atoms with Crippen molar-refractivity contribution in [3.05, 3.63) is 209 Å². The van der Waals surface area contributed by atoms with Crippen molar-refractivity contribution >= 4 is 39.8 Å². The normalized spacial score (nSPS) is 12.2. The molecule has 0 heterocycles. The molecule has 1 spiro atoms. The van der Waals surface area contributed by atoms with Crippen LogP contribution in [0.2, 0.25) is 0 Å². The van der Waals surface area contributed by atoms with Crippen molar-refractivity contribution in [3.8, 4) is 51.3 Å². The summed E-state index contributed by atoms with van der Waals surface area (Å²) < 4.78 is 45.0. The summed E-state index contributed by atoms with van der Waals surface area (Å²) in [7, 11) is 6.63. The van der Waals surface area contributed by atoms with Crippen LogP contribution in [0.1, 0.15) is 27.8 Å². The zero-order chi connectivity index (χ0) is 51.7. The fraction of sp³-hybridized carbons (Fsp3) is 0.206. The third kappa shape index (κ3) is 9.84. The number of anilines is 6. The van der Waals surface area contributed by atoms with Crippen molar-refractivity contribution in [1.29, 1.82) is 5.26 Å². The zero-order valence-corrected chi connectivity index (χ0v) is 42.4. The van der Waals surface area contributed by atoms with Gasteiger partial charge in [-0.25, -0.2) is 4.85 Å². The molecule has 2 aliphatic rings. The quantitative estimate of drug-likeness (QED) is 0.0478. The highest BCUT2D eigenvalue weighted by Gasteiger charge is 2.52. The number of nitrogens with zero attached hydrogens (tertiary/aromatic N) is 4. The van der Waals surface area contributed by atoms with Crippen molar-refractivity contribution in [2.45, 2.75) is 5.41 Å². The van der Waals surface area contributed by atoms with Crippen LogP contribution < -0.4 is 28.7 Å². The predicted molar refractivity (Wildman–Crippen MR) is 293 cm³/mol. The van der Waals surface area contributed by atoms with Gasteiger partial charge in [-0.3, -0.25) is 0 Å². The van der Waals surface area contributed by atoms with E-state index in [0.717, 1.165) is 102 Å². The smallest absolute Gasteiger partial charge is 0.187 e. The molecule has 0 bridgehead atoms. The summed E-state index contributed by atoms with van der Waals surface area (Å²) in [6.07, 6.45) is 0. The molecule has 8 aromatic carbocycles. The molecular weight excluding hydrogens is 941 g/mol. The second kappa shape index (κ2) is 22.7. The first-order valence-electron chi connectivity index (χ1n) is 24.8. The molecule has 0 fully saturated rings. The fourth-order valence-corrected chi connectivity index (χ4v) is 10.2. The maximum Gasteiger partial charge on any atom is 0.187 e. The Balaban J connectivity index is 1.18. The third-order valence-electron chi connectivity index (χ3n) is 13.6. The van der Waals surface area contributed by atoms with Gasteiger partial charge in [0.25, 0.3) is 0 Å². The molecule has 0 N–H and O–H groups in total. The molecule has 0 aromatic heterocycles. The third-order valence-corrected chi connectivity index (χ3v) is 13.6. The Hall–Kier alpha value is -8.62. The molecule has 0 saturated heterocycles. The molecule has 8 aromatic rings. The molecular formula is C63H56N4O8. The number of ether oxygens (including phenoxy) is 8. The van der Waals surface area contributed by atoms with Gasteiger partial charge in [0.05, 0.1) is 50.0 Å². The summed E-state index contributed by atoms with van der Waals surface area (Å²) in [6.45, 7) is 11.9. The Bertz CT molecular complexity index is 3030. The van der Waals surface area contributed by atoms with Crippen LogP contribution >= 0.6 is 0 Å². The molecule has 376 valence electrons. The van der Waals surface area contributed by atoms with Gasteiger partial charge in [-0.2, -0.15) is 5.26 Å². The van der Waals surface area contributed by atoms with Gasteiger partial charge in [0, 0.05) is 62.6 Å². The van der Waals surface area contributed by atoms with Gasteiger partial charge in [-0.1, -0.05) is 36.4 Å². The first-order valence-corrected chi connectivity index (χ1v) is 24.8. The van der Waals surface area contributed by atoms with E-state index in [1.54, 1.807) is 28.4 Å². The topological polar surface area (TPSA) is 108 Å². The minimum Gasteiger partial charge on any atom is -0.491 e. The first-order chi connectivity index (χ1) is 36.9. The van der Waals surface area contributed by atoms with E-state index in [0.29, 0.717) is 64.1 Å². The number of hydrogen-bond acceptors (Lipinski definition) is 11. The standard InChI is InChI=1S/C63H56N4O8/c1-65-44-7-27-56-55-26-6-43(42-64)38-59(55)63(60(56)39-44)61-40-49(66(45-8-18-51(19-9-45)72-34-30-68-2)46-10-20-52(21-11-46)73-35-31-69-3)16-28-57(61)58-29-17-50(41-62(58)63)67(47-12-22-53(23-13-47)74-36-32-70-4)48-14-24-54(25-15-48)75-37-33-71-5/h6-29,38-41H,30-37H2,2-5H3. The van der Waals surface area contributed by atoms with Gasteiger partial charge in [0.15, 0.2) is 5.69 Å². The average Bonchev–Trinajstić information content (AvgIpc) is 3.93. The summed E-state index contributed by atoms with van der Waals surface area (Å²) in [5, 5.41) is 10.6. The molecule has 0 unspecified atom stereocenters. The minimum absolute atomic E-state index is 0.426. The van der Waals surface area contributed by atoms with E-state index >= 15 is 0 Å². The molecule has 0 radical (unpaired) electrons. The molecule has 0 aliphatic heterocycles. The molecule has 0 atom stereocenters. The molecule has 10 rings (SSSR count). The lowest BCUT2D eigenvalue weighted by atomic mass is 9.70. The summed E-state index contributed by atoms with van der Waals surface area (Å²) >= 11 is 0. The van der Waals surface area contributed by atoms with Crippen LogP contribution in [0.4, 0.5) is 39.8 Å². The van der Waals surface area contributed by atoms with Gasteiger partial charge < -0.3 is 47.7 Å². The van der Waals surface area contributed by atoms with E-state index in [1.807, 2.05) is 72.8 Å². The summed E-state index contributed by atoms with van der Waals surface area (Å²) in [5.74, 6) is 2.91. The number of rotatable bonds is 22. The van der Waals surface area contributed by atoms with Crippen LogP contribution in [0, 0.1) is 17.9 Å². The highest BCUT2D eigenvalue weighted by atomic mass is 16.5. The summed E-state index contributed by atoms with van der Waals surface area (Å²) in [6, 6.07) is 60.0. The van der Waals surface area contributed by atoms with Crippen LogP contribution in [-0.4, -0.2) is 81.3 Å². The van der Waals surface area contributed by atoms with Crippen molar-refractivity contribution in [3.63, 3.8) is 0 Å². The molecule has 75 heavy (non-hydrogen) atoms. The van der Waals surface area contributed by atoms with Crippen LogP contribution in [0.15, 0.2) is 170 Å². The van der Waals surface area contributed by atoms with E-state index in [1.165, 1.54) is 0 Å². The minimum atomic E-state index is -0.970. The molecule has 12 heteroatoms. The van der Waals surface area contributed by atoms with Crippen LogP contribution in [-0.2, 0) is 24.4 Å². The molecule has 12 nitrogen and oxygen atoms in total. The molecule has 2 aliphatic carbocycles. The van der Waals surface area contributed by atoms with E-state index in [9.17, 15) is 5.26 Å². The second-order valence-corrected chi connectivity index (χ2v) is 17.9. The van der Waals surface area contributed by atoms with Crippen molar-refractivity contribution in [2.24, 2.45) is 0 Å². The van der Waals surface area contributed by atoms with E-state index in [2.05, 4.69) is 118 Å². The maximum absolute atomic E-state index is 10.6. The second-order valence-electron chi connectivity index (χ2n) is 17.9. The predicted octanol–water partition coefficient (Wildman–Crippen LogP) is 13.5. The Labute approximate surface area is 438 Å². The van der Waals surface area contributed by atoms with Gasteiger partial charge in [0.2, 0.25) is 0 Å². The largest absolute Gasteiger partial charge is 0.491 e. The summed E-state index contributed by atoms with van der Waals surface area (Å²) in [5.41, 5.74) is 13.6. The lowest BCUT2D eigenvalue weighted by Gasteiger charge is -2.33. The zero-order valence-electron chi connectivity index (χ0n) is 42.4. The lowest BCUT2D eigenvalue weighted by Crippen LogP contribution is -2.26. The van der Waals surface area contributed by atoms with Crippen LogP contribution in [0.5, 0.6) is 23.0 Å². The first kappa shape index (κ1) is 49.9. The maximum atomic E-state index is 10.6. The molecule has 0 amide bonds. The number of benzene rings is 8. The highest BCUT2D eigenvalue weighted by molar-refractivity contribution is 5.98. The Morgan fingerprint density at radius 2 is 0.693 bits per heavy atom. The van der Waals surface area contributed by atoms with E-state index in [-0.39, 0.29) is 0 Å². The van der Waals surface area contributed by atoms with Gasteiger partial charge in [0.1, 0.15) is 49.4 Å². The SMILES string of the molecule is [C-]#[N+]c1ccc2c(c1)C1(c3cc(C#N)ccc3-2)c2cc(N(c3ccc(OCCOC)cc3)c3ccc(OCCOC)cc3)ccc2-c2ccc(N(c3ccc(OCCOC)cc3)c3ccc(OCCOC)cc3)cc21. The number of methoxy groups -OCH3 is 4. The summed E-state index contributed by atoms with van der Waals surface area (Å²) in [4.78, 5) is 8.45. The van der Waals surface area contributed by atoms with Gasteiger partial charge >= 0.3 is 0 Å². The van der Waals surface area contributed by atoms with Crippen LogP contribution in [0.3, 0.4) is 0 Å². The Kier molecular flexibility index (Phi) is 15.1. The molecule has 0 saturated carbocycles. The van der Waals surface area contributed by atoms with Gasteiger partial charge in [-0.15, -0.1) is 0 Å². The Morgan fingerprint density at radius 3 is 1.03 bits per heavy atom.